The van der Waals surface area contributed by atoms with Crippen molar-refractivity contribution in [3.8, 4) is 12.1 Å². The number of nitrogens with zero attached hydrogens (tertiary/aromatic N) is 5. The first-order valence-electron chi connectivity index (χ1n) is 9.09. The van der Waals surface area contributed by atoms with Crippen LogP contribution in [0.1, 0.15) is 19.1 Å². The molecule has 0 spiro atoms. The van der Waals surface area contributed by atoms with Gasteiger partial charge < -0.3 is 19.9 Å². The van der Waals surface area contributed by atoms with Crippen LogP contribution in [-0.2, 0) is 22.9 Å². The molecule has 0 aliphatic carbocycles. The Morgan fingerprint density at radius 2 is 1.84 bits per heavy atom. The van der Waals surface area contributed by atoms with Crippen LogP contribution in [0.5, 0.6) is 0 Å². The summed E-state index contributed by atoms with van der Waals surface area (Å²) in [5.74, 6) is 0. The maximum atomic E-state index is 12.7. The summed E-state index contributed by atoms with van der Waals surface area (Å²) in [5, 5.41) is 37.9. The van der Waals surface area contributed by atoms with E-state index in [1.165, 1.54) is 10.9 Å². The second kappa shape index (κ2) is 10.1. The van der Waals surface area contributed by atoms with Gasteiger partial charge in [-0.1, -0.05) is 0 Å². The van der Waals surface area contributed by atoms with Gasteiger partial charge in [-0.2, -0.15) is 10.5 Å². The predicted octanol–water partition coefficient (Wildman–Crippen LogP) is -0.276. The average Bonchev–Trinajstić information content (AvgIpc) is 3.30. The predicted molar refractivity (Wildman–Crippen MR) is 100.0 cm³/mol. The number of H-pyrrole nitrogens is 1. The first-order valence-corrected chi connectivity index (χ1v) is 10.6. The Morgan fingerprint density at radius 3 is 2.48 bits per heavy atom. The van der Waals surface area contributed by atoms with Crippen molar-refractivity contribution < 1.29 is 33.1 Å². The van der Waals surface area contributed by atoms with E-state index in [1.807, 2.05) is 12.1 Å². The summed E-state index contributed by atoms with van der Waals surface area (Å²) < 4.78 is 34.8. The van der Waals surface area contributed by atoms with E-state index >= 15 is 0 Å². The zero-order chi connectivity index (χ0) is 22.4. The molecular weight excluding hydrogens is 435 g/mol. The number of fused-ring (bicyclic) bond motifs is 1. The molecule has 0 aromatic carbocycles. The topological polar surface area (TPSA) is 206 Å². The zero-order valence-corrected chi connectivity index (χ0v) is 16.9. The molecule has 1 aliphatic heterocycles. The summed E-state index contributed by atoms with van der Waals surface area (Å²) in [5.41, 5.74) is -0.331. The van der Waals surface area contributed by atoms with Crippen molar-refractivity contribution in [3.63, 3.8) is 0 Å². The van der Waals surface area contributed by atoms with Crippen LogP contribution in [0.2, 0.25) is 0 Å². The first-order chi connectivity index (χ1) is 14.9. The highest BCUT2D eigenvalue weighted by Crippen LogP contribution is 2.50. The number of aliphatic hydroxyl groups excluding tert-OH is 2. The molecule has 1 fully saturated rings. The smallest absolute Gasteiger partial charge is 0.387 e. The summed E-state index contributed by atoms with van der Waals surface area (Å²) in [7, 11) is -4.15. The van der Waals surface area contributed by atoms with E-state index < -0.39 is 44.5 Å². The molecule has 1 aliphatic rings. The Labute approximate surface area is 175 Å². The fourth-order valence-electron chi connectivity index (χ4n) is 2.83. The molecule has 3 heterocycles. The van der Waals surface area contributed by atoms with Crippen LogP contribution < -0.4 is 5.56 Å². The highest BCUT2D eigenvalue weighted by molar-refractivity contribution is 7.48. The molecule has 1 saturated heterocycles. The molecule has 2 aromatic rings. The average molecular weight is 454 g/mol. The van der Waals surface area contributed by atoms with Crippen molar-refractivity contribution in [1.82, 2.24) is 19.5 Å². The van der Waals surface area contributed by atoms with Gasteiger partial charge in [0.15, 0.2) is 17.4 Å². The van der Waals surface area contributed by atoms with E-state index in [1.54, 1.807) is 0 Å². The maximum Gasteiger partial charge on any atom is 0.474 e. The molecule has 14 nitrogen and oxygen atoms in total. The second-order valence-corrected chi connectivity index (χ2v) is 8.00. The SMILES string of the molecule is N#CCCOP(=O)(OCCC#N)OCC1OC(n2cnc3c(=O)[nH]cnc32)C(O)C1O. The molecule has 4 unspecified atom stereocenters. The third-order valence-electron chi connectivity index (χ3n) is 4.30. The van der Waals surface area contributed by atoms with Gasteiger partial charge in [0.2, 0.25) is 0 Å². The molecule has 2 aromatic heterocycles. The second-order valence-electron chi connectivity index (χ2n) is 6.33. The van der Waals surface area contributed by atoms with Crippen molar-refractivity contribution in [2.45, 2.75) is 37.4 Å². The molecule has 15 heteroatoms. The lowest BCUT2D eigenvalue weighted by Crippen LogP contribution is -2.33. The van der Waals surface area contributed by atoms with E-state index in [0.717, 1.165) is 6.33 Å². The lowest BCUT2D eigenvalue weighted by Gasteiger charge is -2.20. The van der Waals surface area contributed by atoms with Crippen LogP contribution in [0.3, 0.4) is 0 Å². The molecule has 0 bridgehead atoms. The van der Waals surface area contributed by atoms with Gasteiger partial charge in [-0.3, -0.25) is 22.9 Å². The molecule has 166 valence electrons. The summed E-state index contributed by atoms with van der Waals surface area (Å²) in [6.07, 6.45) is -2.93. The summed E-state index contributed by atoms with van der Waals surface area (Å²) in [6.45, 7) is -0.965. The Morgan fingerprint density at radius 1 is 1.16 bits per heavy atom. The van der Waals surface area contributed by atoms with Crippen molar-refractivity contribution in [2.75, 3.05) is 19.8 Å². The van der Waals surface area contributed by atoms with Crippen LogP contribution in [-0.4, -0.2) is 67.9 Å². The summed E-state index contributed by atoms with van der Waals surface area (Å²) in [6, 6.07) is 3.62. The van der Waals surface area contributed by atoms with E-state index in [9.17, 15) is 19.6 Å². The van der Waals surface area contributed by atoms with E-state index in [0.29, 0.717) is 0 Å². The number of aromatic amines is 1. The van der Waals surface area contributed by atoms with Gasteiger partial charge in [0, 0.05) is 0 Å². The van der Waals surface area contributed by atoms with Gasteiger partial charge in [0.05, 0.1) is 57.5 Å². The molecule has 3 N–H and O–H groups in total. The maximum absolute atomic E-state index is 12.7. The Hall–Kier alpha value is -2.68. The monoisotopic (exact) mass is 454 g/mol. The number of aromatic nitrogens is 4. The van der Waals surface area contributed by atoms with Crippen molar-refractivity contribution in [2.24, 2.45) is 0 Å². The largest absolute Gasteiger partial charge is 0.474 e. The number of imidazole rings is 1. The first kappa shape index (κ1) is 23.0. The molecule has 4 atom stereocenters. The summed E-state index contributed by atoms with van der Waals surface area (Å²) >= 11 is 0. The van der Waals surface area contributed by atoms with E-state index in [2.05, 4.69) is 15.0 Å². The third-order valence-corrected chi connectivity index (χ3v) is 5.76. The quantitative estimate of drug-likeness (QED) is 0.313. The fourth-order valence-corrected chi connectivity index (χ4v) is 4.01. The van der Waals surface area contributed by atoms with Gasteiger partial charge in [0.1, 0.15) is 18.3 Å². The van der Waals surface area contributed by atoms with Gasteiger partial charge in [0.25, 0.3) is 5.56 Å². The number of rotatable bonds is 10. The number of hydrogen-bond donors (Lipinski definition) is 3. The van der Waals surface area contributed by atoms with Crippen molar-refractivity contribution in [3.05, 3.63) is 23.0 Å². The normalized spacial score (nSPS) is 23.6. The number of ether oxygens (including phenoxy) is 1. The third kappa shape index (κ3) is 5.15. The Kier molecular flexibility index (Phi) is 7.48. The molecule has 0 radical (unpaired) electrons. The fraction of sp³-hybridized carbons (Fsp3) is 0.562. The van der Waals surface area contributed by atoms with E-state index in [-0.39, 0.29) is 37.2 Å². The molecular formula is C16H19N6O8P. The Bertz CT molecular complexity index is 1070. The van der Waals surface area contributed by atoms with Gasteiger partial charge in [-0.25, -0.2) is 14.5 Å². The van der Waals surface area contributed by atoms with Gasteiger partial charge in [-0.05, 0) is 0 Å². The molecule has 0 saturated carbocycles. The van der Waals surface area contributed by atoms with Gasteiger partial charge >= 0.3 is 7.82 Å². The minimum atomic E-state index is -4.15. The van der Waals surface area contributed by atoms with Gasteiger partial charge in [-0.15, -0.1) is 0 Å². The van der Waals surface area contributed by atoms with Crippen molar-refractivity contribution >= 4 is 19.0 Å². The number of hydrogen-bond acceptors (Lipinski definition) is 12. The number of nitrogens with one attached hydrogen (secondary N) is 1. The summed E-state index contributed by atoms with van der Waals surface area (Å²) in [4.78, 5) is 22.1. The van der Waals surface area contributed by atoms with Crippen LogP contribution >= 0.6 is 7.82 Å². The van der Waals surface area contributed by atoms with Crippen molar-refractivity contribution in [1.29, 1.82) is 10.5 Å². The highest BCUT2D eigenvalue weighted by atomic mass is 31.2. The highest BCUT2D eigenvalue weighted by Gasteiger charge is 2.45. The van der Waals surface area contributed by atoms with Crippen LogP contribution in [0.25, 0.3) is 11.2 Å². The molecule has 0 amide bonds. The minimum Gasteiger partial charge on any atom is -0.387 e. The number of phosphoric ester groups is 1. The standard InChI is InChI=1S/C16H19N6O8P/c17-3-1-5-27-31(26,28-6-2-4-18)29-7-10-12(23)13(24)16(30-10)22-9-21-11-14(22)19-8-20-15(11)25/h8-10,12-13,16,23-24H,1-2,5-7H2,(H,19,20,25). The lowest BCUT2D eigenvalue weighted by molar-refractivity contribution is -0.0525. The number of nitriles is 2. The molecule has 31 heavy (non-hydrogen) atoms. The molecule has 3 rings (SSSR count). The number of phosphoric acid groups is 1. The van der Waals surface area contributed by atoms with E-state index in [4.69, 9.17) is 28.8 Å². The number of aliphatic hydroxyl groups is 2. The Balaban J connectivity index is 1.70. The minimum absolute atomic E-state index is 0.0220. The zero-order valence-electron chi connectivity index (χ0n) is 16.0. The van der Waals surface area contributed by atoms with Crippen LogP contribution in [0.4, 0.5) is 0 Å². The lowest BCUT2D eigenvalue weighted by atomic mass is 10.1. The van der Waals surface area contributed by atoms with Crippen LogP contribution in [0, 0.1) is 22.7 Å². The van der Waals surface area contributed by atoms with Crippen LogP contribution in [0.15, 0.2) is 17.4 Å².